The van der Waals surface area contributed by atoms with Crippen molar-refractivity contribution in [1.82, 2.24) is 19.8 Å². The van der Waals surface area contributed by atoms with E-state index in [0.717, 1.165) is 0 Å². The summed E-state index contributed by atoms with van der Waals surface area (Å²) in [5, 5.41) is 16.5. The molecular weight excluding hydrogens is 268 g/mol. The van der Waals surface area contributed by atoms with Crippen LogP contribution in [0.5, 0.6) is 0 Å². The molecule has 0 bridgehead atoms. The standard InChI is InChI=1S/C11H20N4O3S/c1-8-6-15-9(4-12-8)10(5-13-15)19(17,18)14-11(2,3)7-16/h5,8,12,14,16H,4,6-7H2,1-3H3/t8-/m0/s1. The zero-order valence-corrected chi connectivity index (χ0v) is 12.2. The van der Waals surface area contributed by atoms with Gasteiger partial charge in [0.1, 0.15) is 4.90 Å². The summed E-state index contributed by atoms with van der Waals surface area (Å²) >= 11 is 0. The van der Waals surface area contributed by atoms with Crippen LogP contribution in [0.15, 0.2) is 11.1 Å². The van der Waals surface area contributed by atoms with E-state index in [1.54, 1.807) is 18.5 Å². The molecule has 0 spiro atoms. The molecule has 8 heteroatoms. The van der Waals surface area contributed by atoms with Gasteiger partial charge >= 0.3 is 0 Å². The zero-order chi connectivity index (χ0) is 14.3. The summed E-state index contributed by atoms with van der Waals surface area (Å²) in [6.07, 6.45) is 1.37. The molecule has 0 fully saturated rings. The van der Waals surface area contributed by atoms with Gasteiger partial charge in [0.25, 0.3) is 0 Å². The van der Waals surface area contributed by atoms with Gasteiger partial charge in [0.2, 0.25) is 10.0 Å². The molecule has 7 nitrogen and oxygen atoms in total. The van der Waals surface area contributed by atoms with Gasteiger partial charge in [-0.2, -0.15) is 5.10 Å². The normalized spacial score (nSPS) is 20.3. The van der Waals surface area contributed by atoms with E-state index in [4.69, 9.17) is 5.11 Å². The van der Waals surface area contributed by atoms with Gasteiger partial charge in [0.05, 0.1) is 30.6 Å². The molecule has 0 aromatic carbocycles. The number of nitrogens with zero attached hydrogens (tertiary/aromatic N) is 2. The van der Waals surface area contributed by atoms with Crippen molar-refractivity contribution in [3.05, 3.63) is 11.9 Å². The number of sulfonamides is 1. The van der Waals surface area contributed by atoms with Crippen molar-refractivity contribution >= 4 is 10.0 Å². The van der Waals surface area contributed by atoms with Crippen molar-refractivity contribution < 1.29 is 13.5 Å². The van der Waals surface area contributed by atoms with Gasteiger partial charge in [-0.1, -0.05) is 0 Å². The molecule has 2 heterocycles. The quantitative estimate of drug-likeness (QED) is 0.689. The maximum atomic E-state index is 12.3. The molecule has 0 saturated heterocycles. The number of aromatic nitrogens is 2. The highest BCUT2D eigenvalue weighted by molar-refractivity contribution is 7.89. The Bertz CT molecular complexity index is 564. The summed E-state index contributed by atoms with van der Waals surface area (Å²) in [5.41, 5.74) is -0.248. The largest absolute Gasteiger partial charge is 0.394 e. The molecule has 0 aliphatic carbocycles. The predicted molar refractivity (Wildman–Crippen MR) is 70.0 cm³/mol. The molecule has 0 amide bonds. The highest BCUT2D eigenvalue weighted by Crippen LogP contribution is 2.20. The molecule has 1 aromatic heterocycles. The number of hydrogen-bond donors (Lipinski definition) is 3. The van der Waals surface area contributed by atoms with Crippen LogP contribution in [-0.2, 0) is 23.1 Å². The highest BCUT2D eigenvalue weighted by atomic mass is 32.2. The lowest BCUT2D eigenvalue weighted by Crippen LogP contribution is -2.46. The van der Waals surface area contributed by atoms with Crippen molar-refractivity contribution in [3.63, 3.8) is 0 Å². The van der Waals surface area contributed by atoms with Crippen LogP contribution in [0.1, 0.15) is 26.5 Å². The Kier molecular flexibility index (Phi) is 3.69. The Morgan fingerprint density at radius 3 is 2.95 bits per heavy atom. The summed E-state index contributed by atoms with van der Waals surface area (Å²) in [5.74, 6) is 0. The van der Waals surface area contributed by atoms with Crippen LogP contribution in [0, 0.1) is 0 Å². The van der Waals surface area contributed by atoms with Crippen LogP contribution in [0.25, 0.3) is 0 Å². The Labute approximate surface area is 113 Å². The first-order chi connectivity index (χ1) is 8.75. The highest BCUT2D eigenvalue weighted by Gasteiger charge is 2.31. The number of rotatable bonds is 4. The smallest absolute Gasteiger partial charge is 0.244 e. The van der Waals surface area contributed by atoms with Crippen LogP contribution in [-0.4, -0.2) is 41.5 Å². The third kappa shape index (κ3) is 2.97. The summed E-state index contributed by atoms with van der Waals surface area (Å²) in [4.78, 5) is 0.174. The van der Waals surface area contributed by atoms with E-state index in [1.807, 2.05) is 6.92 Å². The Hall–Kier alpha value is -0.960. The second-order valence-corrected chi connectivity index (χ2v) is 7.22. The lowest BCUT2D eigenvalue weighted by Gasteiger charge is -2.25. The molecule has 2 rings (SSSR count). The topological polar surface area (TPSA) is 96.2 Å². The minimum atomic E-state index is -3.68. The Morgan fingerprint density at radius 1 is 1.63 bits per heavy atom. The van der Waals surface area contributed by atoms with Crippen LogP contribution < -0.4 is 10.0 Å². The van der Waals surface area contributed by atoms with E-state index in [1.165, 1.54) is 6.20 Å². The zero-order valence-electron chi connectivity index (χ0n) is 11.3. The summed E-state index contributed by atoms with van der Waals surface area (Å²) in [6.45, 7) is 6.11. The van der Waals surface area contributed by atoms with Crippen molar-refractivity contribution in [2.75, 3.05) is 6.61 Å². The molecule has 108 valence electrons. The van der Waals surface area contributed by atoms with Gasteiger partial charge < -0.3 is 10.4 Å². The molecule has 0 saturated carbocycles. The second-order valence-electron chi connectivity index (χ2n) is 5.57. The van der Waals surface area contributed by atoms with Crippen molar-refractivity contribution in [2.24, 2.45) is 0 Å². The van der Waals surface area contributed by atoms with Gasteiger partial charge in [-0.05, 0) is 20.8 Å². The first-order valence-corrected chi connectivity index (χ1v) is 7.66. The lowest BCUT2D eigenvalue weighted by molar-refractivity contribution is 0.208. The first-order valence-electron chi connectivity index (χ1n) is 6.18. The van der Waals surface area contributed by atoms with Crippen LogP contribution in [0.3, 0.4) is 0 Å². The van der Waals surface area contributed by atoms with Gasteiger partial charge in [-0.15, -0.1) is 0 Å². The van der Waals surface area contributed by atoms with E-state index in [9.17, 15) is 8.42 Å². The minimum absolute atomic E-state index is 0.174. The summed E-state index contributed by atoms with van der Waals surface area (Å²) < 4.78 is 28.8. The average Bonchev–Trinajstić information content (AvgIpc) is 2.71. The molecule has 1 aliphatic heterocycles. The van der Waals surface area contributed by atoms with Crippen LogP contribution in [0.2, 0.25) is 0 Å². The summed E-state index contributed by atoms with van der Waals surface area (Å²) in [7, 11) is -3.68. The third-order valence-corrected chi connectivity index (χ3v) is 4.81. The number of aliphatic hydroxyl groups is 1. The fourth-order valence-electron chi connectivity index (χ4n) is 2.00. The van der Waals surface area contributed by atoms with E-state index < -0.39 is 15.6 Å². The van der Waals surface area contributed by atoms with Crippen LogP contribution in [0.4, 0.5) is 0 Å². The van der Waals surface area contributed by atoms with Crippen LogP contribution >= 0.6 is 0 Å². The van der Waals surface area contributed by atoms with Crippen molar-refractivity contribution in [1.29, 1.82) is 0 Å². The molecule has 19 heavy (non-hydrogen) atoms. The maximum Gasteiger partial charge on any atom is 0.244 e. The first kappa shape index (κ1) is 14.4. The fraction of sp³-hybridized carbons (Fsp3) is 0.727. The van der Waals surface area contributed by atoms with E-state index in [0.29, 0.717) is 18.8 Å². The summed E-state index contributed by atoms with van der Waals surface area (Å²) in [6, 6.07) is 0.268. The molecule has 1 aliphatic rings. The van der Waals surface area contributed by atoms with E-state index in [-0.39, 0.29) is 17.5 Å². The van der Waals surface area contributed by atoms with E-state index in [2.05, 4.69) is 15.1 Å². The number of hydrogen-bond acceptors (Lipinski definition) is 5. The van der Waals surface area contributed by atoms with Gasteiger partial charge in [0, 0.05) is 12.6 Å². The number of nitrogens with one attached hydrogen (secondary N) is 2. The molecule has 1 aromatic rings. The third-order valence-electron chi connectivity index (χ3n) is 3.07. The van der Waals surface area contributed by atoms with Gasteiger partial charge in [-0.3, -0.25) is 4.68 Å². The molecule has 3 N–H and O–H groups in total. The lowest BCUT2D eigenvalue weighted by atomic mass is 10.1. The number of fused-ring (bicyclic) bond motifs is 1. The van der Waals surface area contributed by atoms with Crippen molar-refractivity contribution in [2.45, 2.75) is 50.3 Å². The predicted octanol–water partition coefficient (Wildman–Crippen LogP) is -0.576. The molecule has 0 unspecified atom stereocenters. The van der Waals surface area contributed by atoms with Gasteiger partial charge in [-0.25, -0.2) is 13.1 Å². The van der Waals surface area contributed by atoms with Gasteiger partial charge in [0.15, 0.2) is 0 Å². The minimum Gasteiger partial charge on any atom is -0.394 e. The SMILES string of the molecule is C[C@H]1Cn2ncc(S(=O)(=O)NC(C)(C)CO)c2CN1. The number of aliphatic hydroxyl groups excluding tert-OH is 1. The van der Waals surface area contributed by atoms with Crippen molar-refractivity contribution in [3.8, 4) is 0 Å². The monoisotopic (exact) mass is 288 g/mol. The molecule has 1 atom stereocenters. The molecular formula is C11H20N4O3S. The second kappa shape index (κ2) is 4.86. The average molecular weight is 288 g/mol. The van der Waals surface area contributed by atoms with E-state index >= 15 is 0 Å². The Balaban J connectivity index is 2.32. The molecule has 0 radical (unpaired) electrons. The Morgan fingerprint density at radius 2 is 2.32 bits per heavy atom. The fourth-order valence-corrected chi connectivity index (χ4v) is 3.58. The maximum absolute atomic E-state index is 12.3.